The van der Waals surface area contributed by atoms with Gasteiger partial charge in [0.05, 0.1) is 13.2 Å². The summed E-state index contributed by atoms with van der Waals surface area (Å²) in [6.45, 7) is 16.3. The van der Waals surface area contributed by atoms with Gasteiger partial charge < -0.3 is 20.3 Å². The maximum atomic E-state index is 11.9. The van der Waals surface area contributed by atoms with Crippen LogP contribution in [-0.4, -0.2) is 112 Å². The number of likely N-dealkylation sites (N-methyl/N-ethyl adjacent to an activating group) is 1. The van der Waals surface area contributed by atoms with E-state index in [1.165, 1.54) is 0 Å². The van der Waals surface area contributed by atoms with Gasteiger partial charge in [0.2, 0.25) is 5.91 Å². The van der Waals surface area contributed by atoms with Gasteiger partial charge in [-0.2, -0.15) is 0 Å². The fraction of sp³-hybridized carbons (Fsp3) is 0.900. The van der Waals surface area contributed by atoms with Crippen molar-refractivity contribution in [3.63, 3.8) is 0 Å². The minimum atomic E-state index is 0. The van der Waals surface area contributed by atoms with E-state index in [4.69, 9.17) is 4.74 Å². The quantitative estimate of drug-likeness (QED) is 0.182. The Morgan fingerprint density at radius 2 is 1.66 bits per heavy atom. The molecule has 1 heterocycles. The molecule has 29 heavy (non-hydrogen) atoms. The summed E-state index contributed by atoms with van der Waals surface area (Å²) in [7, 11) is 3.51. The van der Waals surface area contributed by atoms with E-state index < -0.39 is 0 Å². The van der Waals surface area contributed by atoms with E-state index >= 15 is 0 Å². The second kappa shape index (κ2) is 16.1. The molecule has 1 rings (SSSR count). The van der Waals surface area contributed by atoms with Crippen LogP contribution in [0, 0.1) is 0 Å². The summed E-state index contributed by atoms with van der Waals surface area (Å²) in [6, 6.07) is 0.998. The van der Waals surface area contributed by atoms with Crippen molar-refractivity contribution in [2.45, 2.75) is 46.2 Å². The Labute approximate surface area is 194 Å². The Hall–Kier alpha value is -0.650. The van der Waals surface area contributed by atoms with Crippen LogP contribution < -0.4 is 10.6 Å². The van der Waals surface area contributed by atoms with E-state index in [0.29, 0.717) is 18.0 Å². The molecule has 0 aromatic heterocycles. The molecule has 1 aliphatic heterocycles. The predicted molar refractivity (Wildman–Crippen MR) is 131 cm³/mol. The summed E-state index contributed by atoms with van der Waals surface area (Å²) in [6.07, 6.45) is 1.03. The molecule has 2 N–H and O–H groups in total. The summed E-state index contributed by atoms with van der Waals surface area (Å²) in [5, 5.41) is 6.76. The maximum Gasteiger partial charge on any atom is 0.243 e. The molecule has 1 fully saturated rings. The van der Waals surface area contributed by atoms with Crippen LogP contribution in [0.4, 0.5) is 0 Å². The molecule has 0 aromatic rings. The standard InChI is InChI=1S/C20H42N6O2.HI/c1-17(2)26(18(3)4)11-9-22-20(23-16-19(27)24(5)6)21-8-7-10-25-12-14-28-15-13-25;/h17-18H,7-16H2,1-6H3,(H2,21,22,23);1H. The first-order valence-corrected chi connectivity index (χ1v) is 10.6. The number of amides is 1. The molecular weight excluding hydrogens is 483 g/mol. The zero-order chi connectivity index (χ0) is 20.9. The fourth-order valence-electron chi connectivity index (χ4n) is 3.21. The highest BCUT2D eigenvalue weighted by atomic mass is 127. The average molecular weight is 527 g/mol. The number of halogens is 1. The second-order valence-corrected chi connectivity index (χ2v) is 8.04. The minimum absolute atomic E-state index is 0. The Morgan fingerprint density at radius 3 is 2.21 bits per heavy atom. The zero-order valence-corrected chi connectivity index (χ0v) is 21.6. The number of aliphatic imine (C=N–C) groups is 1. The van der Waals surface area contributed by atoms with Crippen molar-refractivity contribution in [2.75, 3.05) is 73.1 Å². The molecule has 1 saturated heterocycles. The SMILES string of the molecule is CC(C)N(CCNC(=NCC(=O)N(C)C)NCCCN1CCOCC1)C(C)C.I. The lowest BCUT2D eigenvalue weighted by atomic mass is 10.2. The van der Waals surface area contributed by atoms with Gasteiger partial charge in [-0.05, 0) is 40.7 Å². The average Bonchev–Trinajstić information content (AvgIpc) is 2.65. The Bertz CT molecular complexity index is 460. The number of nitrogens with zero attached hydrogens (tertiary/aromatic N) is 4. The lowest BCUT2D eigenvalue weighted by Crippen LogP contribution is -2.46. The monoisotopic (exact) mass is 526 g/mol. The molecule has 0 aromatic carbocycles. The molecule has 1 amide bonds. The van der Waals surface area contributed by atoms with Gasteiger partial charge in [0.1, 0.15) is 6.54 Å². The molecule has 0 spiro atoms. The molecule has 0 saturated carbocycles. The van der Waals surface area contributed by atoms with Crippen LogP contribution in [0.15, 0.2) is 4.99 Å². The third-order valence-electron chi connectivity index (χ3n) is 4.91. The highest BCUT2D eigenvalue weighted by Gasteiger charge is 2.13. The number of rotatable bonds is 11. The van der Waals surface area contributed by atoms with E-state index in [0.717, 1.165) is 58.9 Å². The van der Waals surface area contributed by atoms with E-state index in [-0.39, 0.29) is 36.4 Å². The summed E-state index contributed by atoms with van der Waals surface area (Å²) < 4.78 is 5.39. The number of hydrogen-bond acceptors (Lipinski definition) is 5. The van der Waals surface area contributed by atoms with Crippen molar-refractivity contribution in [1.82, 2.24) is 25.3 Å². The number of ether oxygens (including phenoxy) is 1. The summed E-state index contributed by atoms with van der Waals surface area (Å²) >= 11 is 0. The predicted octanol–water partition coefficient (Wildman–Crippen LogP) is 1.07. The Kier molecular flexibility index (Phi) is 15.7. The van der Waals surface area contributed by atoms with Gasteiger partial charge in [-0.25, -0.2) is 4.99 Å². The molecular formula is C20H43IN6O2. The van der Waals surface area contributed by atoms with Crippen molar-refractivity contribution in [3.8, 4) is 0 Å². The zero-order valence-electron chi connectivity index (χ0n) is 19.2. The van der Waals surface area contributed by atoms with Gasteiger partial charge in [0.15, 0.2) is 5.96 Å². The van der Waals surface area contributed by atoms with Gasteiger partial charge >= 0.3 is 0 Å². The lowest BCUT2D eigenvalue weighted by molar-refractivity contribution is -0.127. The first kappa shape index (κ1) is 28.4. The first-order chi connectivity index (χ1) is 13.3. The van der Waals surface area contributed by atoms with Crippen LogP contribution in [0.3, 0.4) is 0 Å². The Balaban J connectivity index is 0.00000784. The summed E-state index contributed by atoms with van der Waals surface area (Å²) in [4.78, 5) is 22.8. The smallest absolute Gasteiger partial charge is 0.243 e. The van der Waals surface area contributed by atoms with Crippen LogP contribution in [-0.2, 0) is 9.53 Å². The molecule has 0 radical (unpaired) electrons. The first-order valence-electron chi connectivity index (χ1n) is 10.6. The second-order valence-electron chi connectivity index (χ2n) is 8.04. The van der Waals surface area contributed by atoms with Crippen LogP contribution in [0.1, 0.15) is 34.1 Å². The van der Waals surface area contributed by atoms with Crippen molar-refractivity contribution in [1.29, 1.82) is 0 Å². The minimum Gasteiger partial charge on any atom is -0.379 e. The molecule has 172 valence electrons. The third-order valence-corrected chi connectivity index (χ3v) is 4.91. The topological polar surface area (TPSA) is 72.4 Å². The van der Waals surface area contributed by atoms with Crippen molar-refractivity contribution in [3.05, 3.63) is 0 Å². The molecule has 0 unspecified atom stereocenters. The van der Waals surface area contributed by atoms with Gasteiger partial charge in [-0.3, -0.25) is 14.6 Å². The number of guanidine groups is 1. The number of morpholine rings is 1. The van der Waals surface area contributed by atoms with Crippen LogP contribution in [0.25, 0.3) is 0 Å². The van der Waals surface area contributed by atoms with Crippen molar-refractivity contribution in [2.24, 2.45) is 4.99 Å². The van der Waals surface area contributed by atoms with Gasteiger partial charge in [-0.1, -0.05) is 0 Å². The molecule has 0 aliphatic carbocycles. The van der Waals surface area contributed by atoms with Crippen molar-refractivity contribution >= 4 is 35.8 Å². The van der Waals surface area contributed by atoms with E-state index in [9.17, 15) is 4.79 Å². The molecule has 0 bridgehead atoms. The Morgan fingerprint density at radius 1 is 1.07 bits per heavy atom. The normalized spacial score (nSPS) is 15.6. The lowest BCUT2D eigenvalue weighted by Gasteiger charge is -2.30. The molecule has 1 aliphatic rings. The van der Waals surface area contributed by atoms with E-state index in [1.54, 1.807) is 19.0 Å². The number of carbonyl (C=O) groups is 1. The van der Waals surface area contributed by atoms with Gasteiger partial charge in [-0.15, -0.1) is 24.0 Å². The fourth-order valence-corrected chi connectivity index (χ4v) is 3.21. The van der Waals surface area contributed by atoms with Gasteiger partial charge in [0, 0.05) is 58.9 Å². The number of carbonyl (C=O) groups excluding carboxylic acids is 1. The highest BCUT2D eigenvalue weighted by molar-refractivity contribution is 14.0. The third kappa shape index (κ3) is 12.6. The van der Waals surface area contributed by atoms with Crippen LogP contribution >= 0.6 is 24.0 Å². The molecule has 0 atom stereocenters. The maximum absolute atomic E-state index is 11.9. The largest absolute Gasteiger partial charge is 0.379 e. The van der Waals surface area contributed by atoms with E-state index in [1.807, 2.05) is 0 Å². The summed E-state index contributed by atoms with van der Waals surface area (Å²) in [5.41, 5.74) is 0. The van der Waals surface area contributed by atoms with Crippen LogP contribution in [0.2, 0.25) is 0 Å². The number of nitrogens with one attached hydrogen (secondary N) is 2. The van der Waals surface area contributed by atoms with Gasteiger partial charge in [0.25, 0.3) is 0 Å². The highest BCUT2D eigenvalue weighted by Crippen LogP contribution is 2.03. The van der Waals surface area contributed by atoms with Crippen molar-refractivity contribution < 1.29 is 9.53 Å². The van der Waals surface area contributed by atoms with Crippen LogP contribution in [0.5, 0.6) is 0 Å². The molecule has 8 nitrogen and oxygen atoms in total. The number of hydrogen-bond donors (Lipinski definition) is 2. The van der Waals surface area contributed by atoms with E-state index in [2.05, 4.69) is 53.1 Å². The molecule has 9 heteroatoms. The summed E-state index contributed by atoms with van der Waals surface area (Å²) in [5.74, 6) is 0.713.